The normalized spacial score (nSPS) is 10.3. The molecule has 1 amide bonds. The summed E-state index contributed by atoms with van der Waals surface area (Å²) in [6.45, 7) is 3.25. The third-order valence-corrected chi connectivity index (χ3v) is 3.23. The topological polar surface area (TPSA) is 116 Å². The van der Waals surface area contributed by atoms with Gasteiger partial charge in [-0.15, -0.1) is 0 Å². The molecular weight excluding hydrogens is 332 g/mol. The molecule has 0 fully saturated rings. The van der Waals surface area contributed by atoms with E-state index >= 15 is 0 Å². The fourth-order valence-electron chi connectivity index (χ4n) is 2.12. The molecule has 0 aliphatic carbocycles. The number of carbonyl (C=O) groups excluding carboxylic acids is 3. The number of esters is 2. The van der Waals surface area contributed by atoms with Crippen molar-refractivity contribution in [1.82, 2.24) is 4.90 Å². The number of nitro benzene ring substituents is 1. The summed E-state index contributed by atoms with van der Waals surface area (Å²) in [5, 5.41) is 11.2. The Morgan fingerprint density at radius 3 is 2.04 bits per heavy atom. The van der Waals surface area contributed by atoms with E-state index in [2.05, 4.69) is 0 Å². The molecule has 1 aromatic carbocycles. The Kier molecular flexibility index (Phi) is 7.04. The molecule has 0 bridgehead atoms. The van der Waals surface area contributed by atoms with Crippen LogP contribution in [0.25, 0.3) is 0 Å². The average molecular weight is 352 g/mol. The second-order valence-electron chi connectivity index (χ2n) is 5.17. The molecule has 0 atom stereocenters. The zero-order valence-corrected chi connectivity index (χ0v) is 14.5. The minimum atomic E-state index is -1.42. The van der Waals surface area contributed by atoms with Crippen LogP contribution in [-0.4, -0.2) is 55.0 Å². The molecule has 0 saturated carbocycles. The van der Waals surface area contributed by atoms with Crippen molar-refractivity contribution in [2.75, 3.05) is 27.3 Å². The number of benzene rings is 1. The van der Waals surface area contributed by atoms with E-state index in [1.807, 2.05) is 0 Å². The van der Waals surface area contributed by atoms with Crippen LogP contribution in [0.15, 0.2) is 18.2 Å². The third-order valence-electron chi connectivity index (χ3n) is 3.23. The fourth-order valence-corrected chi connectivity index (χ4v) is 2.12. The summed E-state index contributed by atoms with van der Waals surface area (Å²) in [7, 11) is 2.87. The van der Waals surface area contributed by atoms with Crippen molar-refractivity contribution in [2.24, 2.45) is 0 Å². The maximum absolute atomic E-state index is 12.2. The highest BCUT2D eigenvalue weighted by atomic mass is 16.6. The van der Waals surface area contributed by atoms with Gasteiger partial charge in [-0.2, -0.15) is 0 Å². The molecule has 0 aliphatic rings. The van der Waals surface area contributed by atoms with Crippen LogP contribution in [0, 0.1) is 10.1 Å². The number of ether oxygens (including phenoxy) is 2. The van der Waals surface area contributed by atoms with Crippen LogP contribution in [-0.2, 0) is 19.1 Å². The molecule has 0 radical (unpaired) electrons. The summed E-state index contributed by atoms with van der Waals surface area (Å²) in [6.07, 6.45) is 0. The second-order valence-corrected chi connectivity index (χ2v) is 5.17. The van der Waals surface area contributed by atoms with Crippen LogP contribution < -0.4 is 0 Å². The van der Waals surface area contributed by atoms with Gasteiger partial charge in [-0.3, -0.25) is 24.5 Å². The Morgan fingerprint density at radius 2 is 1.64 bits per heavy atom. The third kappa shape index (κ3) is 4.75. The number of hydrogen-bond acceptors (Lipinski definition) is 7. The zero-order chi connectivity index (χ0) is 19.1. The number of amides is 1. The number of rotatable bonds is 7. The summed E-state index contributed by atoms with van der Waals surface area (Å²) in [5.74, 6) is -3.74. The van der Waals surface area contributed by atoms with Crippen LogP contribution in [0.5, 0.6) is 0 Å². The van der Waals surface area contributed by atoms with Gasteiger partial charge in [0.1, 0.15) is 5.56 Å². The molecule has 9 nitrogen and oxygen atoms in total. The van der Waals surface area contributed by atoms with Gasteiger partial charge in [0.05, 0.1) is 18.1 Å². The summed E-state index contributed by atoms with van der Waals surface area (Å²) in [5.41, 5.74) is -0.562. The van der Waals surface area contributed by atoms with Gasteiger partial charge in [0, 0.05) is 20.2 Å². The van der Waals surface area contributed by atoms with Crippen LogP contribution >= 0.6 is 0 Å². The van der Waals surface area contributed by atoms with Crippen molar-refractivity contribution < 1.29 is 28.8 Å². The van der Waals surface area contributed by atoms with Gasteiger partial charge < -0.3 is 14.4 Å². The van der Waals surface area contributed by atoms with Gasteiger partial charge in [0.15, 0.2) is 5.92 Å². The van der Waals surface area contributed by atoms with Crippen molar-refractivity contribution in [3.63, 3.8) is 0 Å². The largest absolute Gasteiger partial charge is 0.465 e. The Balaban J connectivity index is 3.47. The average Bonchev–Trinajstić information content (AvgIpc) is 2.54. The quantitative estimate of drug-likeness (QED) is 0.316. The summed E-state index contributed by atoms with van der Waals surface area (Å²) in [6, 6.07) is 3.47. The lowest BCUT2D eigenvalue weighted by atomic mass is 9.96. The molecule has 9 heteroatoms. The Morgan fingerprint density at radius 1 is 1.12 bits per heavy atom. The smallest absolute Gasteiger partial charge is 0.324 e. The molecule has 0 aliphatic heterocycles. The standard InChI is InChI=1S/C16H20N2O7/c1-5-24-15(20)13(16(21)25-6-2)10-7-8-12(18(22)23)11(9-10)14(19)17(3)4/h7-9,13H,5-6H2,1-4H3. The SMILES string of the molecule is CCOC(=O)C(C(=O)OCC)c1ccc([N+](=O)[O-])c(C(=O)N(C)C)c1. The molecule has 0 spiro atoms. The van der Waals surface area contributed by atoms with Crippen molar-refractivity contribution in [3.05, 3.63) is 39.4 Å². The maximum atomic E-state index is 12.2. The maximum Gasteiger partial charge on any atom is 0.324 e. The molecule has 0 unspecified atom stereocenters. The monoisotopic (exact) mass is 352 g/mol. The van der Waals surface area contributed by atoms with Crippen LogP contribution in [0.1, 0.15) is 35.7 Å². The zero-order valence-electron chi connectivity index (χ0n) is 14.5. The van der Waals surface area contributed by atoms with Gasteiger partial charge in [0.25, 0.3) is 11.6 Å². The van der Waals surface area contributed by atoms with Crippen LogP contribution in [0.3, 0.4) is 0 Å². The Hall–Kier alpha value is -2.97. The first-order valence-corrected chi connectivity index (χ1v) is 7.57. The van der Waals surface area contributed by atoms with E-state index in [4.69, 9.17) is 9.47 Å². The lowest BCUT2D eigenvalue weighted by molar-refractivity contribution is -0.385. The van der Waals surface area contributed by atoms with E-state index in [0.29, 0.717) is 0 Å². The second kappa shape index (κ2) is 8.76. The number of hydrogen-bond donors (Lipinski definition) is 0. The molecule has 0 N–H and O–H groups in total. The highest BCUT2D eigenvalue weighted by Crippen LogP contribution is 2.27. The lowest BCUT2D eigenvalue weighted by Gasteiger charge is -2.16. The lowest BCUT2D eigenvalue weighted by Crippen LogP contribution is -2.27. The van der Waals surface area contributed by atoms with Crippen molar-refractivity contribution in [1.29, 1.82) is 0 Å². The van der Waals surface area contributed by atoms with Crippen molar-refractivity contribution >= 4 is 23.5 Å². The fraction of sp³-hybridized carbons (Fsp3) is 0.438. The highest BCUT2D eigenvalue weighted by molar-refractivity contribution is 6.03. The minimum absolute atomic E-state index is 0.0468. The van der Waals surface area contributed by atoms with Gasteiger partial charge >= 0.3 is 11.9 Å². The molecular formula is C16H20N2O7. The number of nitro groups is 1. The molecule has 0 aromatic heterocycles. The van der Waals surface area contributed by atoms with Crippen LogP contribution in [0.4, 0.5) is 5.69 Å². The Labute approximate surface area is 144 Å². The van der Waals surface area contributed by atoms with Gasteiger partial charge in [-0.25, -0.2) is 0 Å². The number of carbonyl (C=O) groups is 3. The van der Waals surface area contributed by atoms with E-state index < -0.39 is 34.4 Å². The predicted molar refractivity (Wildman–Crippen MR) is 87.1 cm³/mol. The molecule has 1 rings (SSSR count). The Bertz CT molecular complexity index is 667. The van der Waals surface area contributed by atoms with Crippen LogP contribution in [0.2, 0.25) is 0 Å². The van der Waals surface area contributed by atoms with Gasteiger partial charge in [-0.1, -0.05) is 6.07 Å². The van der Waals surface area contributed by atoms with E-state index in [-0.39, 0.29) is 24.3 Å². The van der Waals surface area contributed by atoms with E-state index in [1.54, 1.807) is 13.8 Å². The first-order valence-electron chi connectivity index (χ1n) is 7.57. The summed E-state index contributed by atoms with van der Waals surface area (Å²) >= 11 is 0. The van der Waals surface area contributed by atoms with Crippen molar-refractivity contribution in [2.45, 2.75) is 19.8 Å². The van der Waals surface area contributed by atoms with E-state index in [9.17, 15) is 24.5 Å². The summed E-state index contributed by atoms with van der Waals surface area (Å²) in [4.78, 5) is 48.1. The van der Waals surface area contributed by atoms with E-state index in [1.165, 1.54) is 20.2 Å². The minimum Gasteiger partial charge on any atom is -0.465 e. The first-order chi connectivity index (χ1) is 11.7. The molecule has 25 heavy (non-hydrogen) atoms. The highest BCUT2D eigenvalue weighted by Gasteiger charge is 2.33. The summed E-state index contributed by atoms with van der Waals surface area (Å²) < 4.78 is 9.76. The number of nitrogens with zero attached hydrogens (tertiary/aromatic N) is 2. The van der Waals surface area contributed by atoms with Gasteiger partial charge in [0.2, 0.25) is 0 Å². The predicted octanol–water partition coefficient (Wildman–Crippen LogP) is 1.51. The first kappa shape index (κ1) is 20.1. The van der Waals surface area contributed by atoms with Crippen molar-refractivity contribution in [3.8, 4) is 0 Å². The molecule has 1 aromatic rings. The van der Waals surface area contributed by atoms with E-state index in [0.717, 1.165) is 17.0 Å². The molecule has 0 heterocycles. The molecule has 0 saturated heterocycles. The molecule has 136 valence electrons. The van der Waals surface area contributed by atoms with Gasteiger partial charge in [-0.05, 0) is 25.5 Å².